The number of carbonyl (C=O) groups excluding carboxylic acids is 3. The molecule has 0 aliphatic rings. The number of amides is 3. The lowest BCUT2D eigenvalue weighted by atomic mass is 10.0. The van der Waals surface area contributed by atoms with Crippen LogP contribution in [0.25, 0.3) is 0 Å². The number of primary amides is 1. The van der Waals surface area contributed by atoms with Crippen molar-refractivity contribution in [2.75, 3.05) is 11.9 Å². The van der Waals surface area contributed by atoms with Crippen LogP contribution >= 0.6 is 23.2 Å². The number of carbonyl (C=O) groups is 3. The smallest absolute Gasteiger partial charge is 0.312 e. The molecule has 0 radical (unpaired) electrons. The van der Waals surface area contributed by atoms with E-state index in [-0.39, 0.29) is 17.1 Å². The molecule has 3 amide bonds. The topological polar surface area (TPSA) is 111 Å². The first-order valence-electron chi connectivity index (χ1n) is 7.97. The van der Waals surface area contributed by atoms with E-state index in [0.717, 1.165) is 6.07 Å². The van der Waals surface area contributed by atoms with Gasteiger partial charge in [-0.2, -0.15) is 0 Å². The lowest BCUT2D eigenvalue weighted by Crippen LogP contribution is -2.35. The van der Waals surface area contributed by atoms with Crippen molar-refractivity contribution in [1.82, 2.24) is 5.32 Å². The van der Waals surface area contributed by atoms with Gasteiger partial charge in [0.15, 0.2) is 6.61 Å². The molecule has 0 fully saturated rings. The zero-order valence-electron chi connectivity index (χ0n) is 14.4. The van der Waals surface area contributed by atoms with Crippen molar-refractivity contribution in [2.45, 2.75) is 12.5 Å². The fourth-order valence-electron chi connectivity index (χ4n) is 2.31. The first-order valence-corrected chi connectivity index (χ1v) is 8.72. The monoisotopic (exact) mass is 427 g/mol. The van der Waals surface area contributed by atoms with Crippen LogP contribution in [-0.4, -0.2) is 24.5 Å². The average Bonchev–Trinajstić information content (AvgIpc) is 2.62. The molecule has 0 aromatic heterocycles. The molecule has 4 N–H and O–H groups in total. The standard InChI is InChI=1S/C18H16Cl2FN3O4/c19-12-4-2-1-3-11(12)15(24-18(22)27)8-17(26)28-9-16(25)23-10-5-6-14(21)13(20)7-10/h1-7,15H,8-9H2,(H,23,25)(H3,22,24,27). The quantitative estimate of drug-likeness (QED) is 0.587. The van der Waals surface area contributed by atoms with Crippen molar-refractivity contribution in [1.29, 1.82) is 0 Å². The van der Waals surface area contributed by atoms with E-state index < -0.39 is 36.4 Å². The first-order chi connectivity index (χ1) is 13.3. The van der Waals surface area contributed by atoms with Gasteiger partial charge in [0.25, 0.3) is 5.91 Å². The Labute approximate surface area is 169 Å². The van der Waals surface area contributed by atoms with Crippen molar-refractivity contribution >= 4 is 46.8 Å². The summed E-state index contributed by atoms with van der Waals surface area (Å²) < 4.78 is 18.0. The van der Waals surface area contributed by atoms with Crippen LogP contribution in [0.5, 0.6) is 0 Å². The molecule has 0 saturated heterocycles. The Bertz CT molecular complexity index is 895. The van der Waals surface area contributed by atoms with Gasteiger partial charge in [-0.15, -0.1) is 0 Å². The molecule has 148 valence electrons. The lowest BCUT2D eigenvalue weighted by molar-refractivity contribution is -0.147. The van der Waals surface area contributed by atoms with Gasteiger partial charge in [0.2, 0.25) is 0 Å². The van der Waals surface area contributed by atoms with Gasteiger partial charge < -0.3 is 21.1 Å². The normalized spacial score (nSPS) is 11.4. The van der Waals surface area contributed by atoms with Gasteiger partial charge in [-0.05, 0) is 29.8 Å². The molecule has 0 bridgehead atoms. The zero-order chi connectivity index (χ0) is 20.7. The lowest BCUT2D eigenvalue weighted by Gasteiger charge is -2.18. The maximum atomic E-state index is 13.1. The van der Waals surface area contributed by atoms with Crippen LogP contribution < -0.4 is 16.4 Å². The predicted molar refractivity (Wildman–Crippen MR) is 103 cm³/mol. The fourth-order valence-corrected chi connectivity index (χ4v) is 2.76. The minimum absolute atomic E-state index is 0.157. The molecule has 1 atom stereocenters. The van der Waals surface area contributed by atoms with E-state index in [1.165, 1.54) is 12.1 Å². The minimum Gasteiger partial charge on any atom is -0.455 e. The zero-order valence-corrected chi connectivity index (χ0v) is 15.9. The third-order valence-corrected chi connectivity index (χ3v) is 4.17. The van der Waals surface area contributed by atoms with Gasteiger partial charge in [-0.25, -0.2) is 9.18 Å². The highest BCUT2D eigenvalue weighted by atomic mass is 35.5. The van der Waals surface area contributed by atoms with Crippen LogP contribution in [-0.2, 0) is 14.3 Å². The highest BCUT2D eigenvalue weighted by Gasteiger charge is 2.21. The Morgan fingerprint density at radius 1 is 1.11 bits per heavy atom. The molecule has 1 unspecified atom stereocenters. The summed E-state index contributed by atoms with van der Waals surface area (Å²) in [6.07, 6.45) is -0.289. The summed E-state index contributed by atoms with van der Waals surface area (Å²) in [6.45, 7) is -0.584. The number of nitrogens with two attached hydrogens (primary N) is 1. The Balaban J connectivity index is 1.93. The van der Waals surface area contributed by atoms with Gasteiger partial charge >= 0.3 is 12.0 Å². The largest absolute Gasteiger partial charge is 0.455 e. The average molecular weight is 428 g/mol. The molecule has 0 aliphatic heterocycles. The third kappa shape index (κ3) is 6.40. The SMILES string of the molecule is NC(=O)NC(CC(=O)OCC(=O)Nc1ccc(F)c(Cl)c1)c1ccccc1Cl. The summed E-state index contributed by atoms with van der Waals surface area (Å²) in [4.78, 5) is 35.1. The molecule has 7 nitrogen and oxygen atoms in total. The molecule has 28 heavy (non-hydrogen) atoms. The van der Waals surface area contributed by atoms with Gasteiger partial charge in [-0.3, -0.25) is 9.59 Å². The highest BCUT2D eigenvalue weighted by molar-refractivity contribution is 6.31. The van der Waals surface area contributed by atoms with Crippen LogP contribution in [0.3, 0.4) is 0 Å². The number of ether oxygens (including phenoxy) is 1. The molecule has 0 saturated carbocycles. The first kappa shape index (κ1) is 21.5. The van der Waals surface area contributed by atoms with Crippen molar-refractivity contribution in [3.8, 4) is 0 Å². The van der Waals surface area contributed by atoms with Crippen LogP contribution in [0.1, 0.15) is 18.0 Å². The molecule has 2 aromatic rings. The molecule has 0 spiro atoms. The molecule has 10 heteroatoms. The van der Waals surface area contributed by atoms with E-state index in [9.17, 15) is 18.8 Å². The Morgan fingerprint density at radius 3 is 2.46 bits per heavy atom. The summed E-state index contributed by atoms with van der Waals surface area (Å²) in [5.74, 6) is -2.03. The summed E-state index contributed by atoms with van der Waals surface area (Å²) in [6, 6.07) is 8.56. The van der Waals surface area contributed by atoms with E-state index >= 15 is 0 Å². The molecule has 0 aliphatic carbocycles. The number of hydrogen-bond acceptors (Lipinski definition) is 4. The second-order valence-corrected chi connectivity index (χ2v) is 6.44. The van der Waals surface area contributed by atoms with E-state index in [0.29, 0.717) is 10.6 Å². The van der Waals surface area contributed by atoms with Gasteiger partial charge in [0.05, 0.1) is 17.5 Å². The van der Waals surface area contributed by atoms with E-state index in [2.05, 4.69) is 10.6 Å². The maximum absolute atomic E-state index is 13.1. The van der Waals surface area contributed by atoms with Crippen molar-refractivity contribution < 1.29 is 23.5 Å². The fraction of sp³-hybridized carbons (Fsp3) is 0.167. The number of rotatable bonds is 7. The van der Waals surface area contributed by atoms with Crippen LogP contribution in [0, 0.1) is 5.82 Å². The molecule has 2 rings (SSSR count). The Kier molecular flexibility index (Phi) is 7.60. The van der Waals surface area contributed by atoms with E-state index in [4.69, 9.17) is 33.7 Å². The minimum atomic E-state index is -0.844. The van der Waals surface area contributed by atoms with Crippen LogP contribution in [0.15, 0.2) is 42.5 Å². The van der Waals surface area contributed by atoms with Crippen molar-refractivity contribution in [3.63, 3.8) is 0 Å². The van der Waals surface area contributed by atoms with Gasteiger partial charge in [0, 0.05) is 10.7 Å². The highest BCUT2D eigenvalue weighted by Crippen LogP contribution is 2.25. The van der Waals surface area contributed by atoms with Crippen LogP contribution in [0.4, 0.5) is 14.9 Å². The molecule has 2 aromatic carbocycles. The molecule has 0 heterocycles. The number of esters is 1. The summed E-state index contributed by atoms with van der Waals surface area (Å²) in [5, 5.41) is 5.00. The third-order valence-electron chi connectivity index (χ3n) is 3.54. The second kappa shape index (κ2) is 9.91. The van der Waals surface area contributed by atoms with Gasteiger partial charge in [-0.1, -0.05) is 41.4 Å². The number of benzene rings is 2. The van der Waals surface area contributed by atoms with E-state index in [1.807, 2.05) is 0 Å². The number of hydrogen-bond donors (Lipinski definition) is 3. The Morgan fingerprint density at radius 2 is 1.82 bits per heavy atom. The predicted octanol–water partition coefficient (Wildman–Crippen LogP) is 3.41. The number of nitrogens with one attached hydrogen (secondary N) is 2. The van der Waals surface area contributed by atoms with Crippen molar-refractivity contribution in [2.24, 2.45) is 5.73 Å². The van der Waals surface area contributed by atoms with Crippen LogP contribution in [0.2, 0.25) is 10.0 Å². The second-order valence-electron chi connectivity index (χ2n) is 5.62. The number of anilines is 1. The molecular weight excluding hydrogens is 412 g/mol. The van der Waals surface area contributed by atoms with Crippen molar-refractivity contribution in [3.05, 3.63) is 63.9 Å². The summed E-state index contributed by atoms with van der Waals surface area (Å²) >= 11 is 11.7. The summed E-state index contributed by atoms with van der Waals surface area (Å²) in [7, 11) is 0. The maximum Gasteiger partial charge on any atom is 0.312 e. The summed E-state index contributed by atoms with van der Waals surface area (Å²) in [5.41, 5.74) is 5.86. The molecular formula is C18H16Cl2FN3O4. The number of urea groups is 1. The number of halogens is 3. The van der Waals surface area contributed by atoms with E-state index in [1.54, 1.807) is 24.3 Å². The Hall–Kier alpha value is -2.84. The van der Waals surface area contributed by atoms with Gasteiger partial charge in [0.1, 0.15) is 5.82 Å².